The largest absolute Gasteiger partial charge is 0.314 e. The molecule has 18 heavy (non-hydrogen) atoms. The molecule has 1 aromatic carbocycles. The zero-order chi connectivity index (χ0) is 12.8. The van der Waals surface area contributed by atoms with Crippen LogP contribution in [0.25, 0.3) is 0 Å². The predicted octanol–water partition coefficient (Wildman–Crippen LogP) is 3.25. The third kappa shape index (κ3) is 4.08. The molecule has 0 amide bonds. The molecule has 0 fully saturated rings. The Bertz CT molecular complexity index is 502. The van der Waals surface area contributed by atoms with E-state index in [4.69, 9.17) is 0 Å². The quantitative estimate of drug-likeness (QED) is 0.857. The molecule has 5 heteroatoms. The summed E-state index contributed by atoms with van der Waals surface area (Å²) < 4.78 is 1.10. The maximum absolute atomic E-state index is 4.49. The first-order valence-corrected chi connectivity index (χ1v) is 7.39. The smallest absolute Gasteiger partial charge is 0.138 e. The Hall–Kier alpha value is -0.910. The Labute approximate surface area is 120 Å². The Morgan fingerprint density at radius 3 is 2.72 bits per heavy atom. The number of hydrogen-bond acceptors (Lipinski definition) is 4. The van der Waals surface area contributed by atoms with Crippen molar-refractivity contribution in [2.24, 2.45) is 0 Å². The Kier molecular flexibility index (Phi) is 5.16. The molecule has 0 saturated carbocycles. The fraction of sp³-hybridized carbons (Fsp3) is 0.231. The maximum Gasteiger partial charge on any atom is 0.138 e. The van der Waals surface area contributed by atoms with E-state index < -0.39 is 0 Å². The van der Waals surface area contributed by atoms with E-state index >= 15 is 0 Å². The highest BCUT2D eigenvalue weighted by Gasteiger charge is 2.01. The van der Waals surface area contributed by atoms with Crippen LogP contribution >= 0.6 is 27.7 Å². The molecule has 0 aliphatic carbocycles. The molecule has 0 bridgehead atoms. The number of halogens is 1. The van der Waals surface area contributed by atoms with E-state index in [2.05, 4.69) is 43.3 Å². The van der Waals surface area contributed by atoms with Crippen molar-refractivity contribution in [3.63, 3.8) is 0 Å². The zero-order valence-electron chi connectivity index (χ0n) is 10.1. The summed E-state index contributed by atoms with van der Waals surface area (Å²) in [5.74, 6) is 1.66. The number of nitrogens with zero attached hydrogens (tertiary/aromatic N) is 2. The van der Waals surface area contributed by atoms with Crippen molar-refractivity contribution in [3.05, 3.63) is 52.5 Å². The summed E-state index contributed by atoms with van der Waals surface area (Å²) in [6, 6.07) is 10.2. The van der Waals surface area contributed by atoms with Crippen molar-refractivity contribution < 1.29 is 0 Å². The minimum atomic E-state index is 0.776. The number of nitrogens with one attached hydrogen (secondary N) is 1. The van der Waals surface area contributed by atoms with Gasteiger partial charge in [-0.3, -0.25) is 0 Å². The van der Waals surface area contributed by atoms with Crippen LogP contribution in [0.2, 0.25) is 0 Å². The summed E-state index contributed by atoms with van der Waals surface area (Å²) in [5.41, 5.74) is 1.03. The van der Waals surface area contributed by atoms with Crippen molar-refractivity contribution in [2.45, 2.75) is 17.2 Å². The second-order valence-electron chi connectivity index (χ2n) is 3.74. The highest BCUT2D eigenvalue weighted by molar-refractivity contribution is 9.10. The number of benzene rings is 1. The number of hydrogen-bond donors (Lipinski definition) is 1. The molecule has 0 aliphatic heterocycles. The third-order valence-electron chi connectivity index (χ3n) is 2.30. The Balaban J connectivity index is 1.97. The molecule has 1 N–H and O–H groups in total. The molecule has 1 aromatic heterocycles. The lowest BCUT2D eigenvalue weighted by atomic mass is 10.4. The van der Waals surface area contributed by atoms with Crippen LogP contribution in [0.1, 0.15) is 11.5 Å². The summed E-state index contributed by atoms with van der Waals surface area (Å²) >= 11 is 5.17. The standard InChI is InChI=1S/C13H14BrN3S/c1-15-8-11-6-7-16-13(17-11)9-18-12-4-2-10(14)3-5-12/h2-7,15H,8-9H2,1H3. The monoisotopic (exact) mass is 323 g/mol. The molecule has 0 saturated heterocycles. The lowest BCUT2D eigenvalue weighted by Crippen LogP contribution is -2.08. The van der Waals surface area contributed by atoms with Gasteiger partial charge in [0, 0.05) is 22.1 Å². The van der Waals surface area contributed by atoms with Gasteiger partial charge >= 0.3 is 0 Å². The molecular formula is C13H14BrN3S. The minimum absolute atomic E-state index is 0.776. The average Bonchev–Trinajstić information content (AvgIpc) is 2.39. The average molecular weight is 324 g/mol. The van der Waals surface area contributed by atoms with Crippen molar-refractivity contribution in [1.82, 2.24) is 15.3 Å². The highest BCUT2D eigenvalue weighted by atomic mass is 79.9. The summed E-state index contributed by atoms with van der Waals surface area (Å²) in [5, 5.41) is 3.09. The minimum Gasteiger partial charge on any atom is -0.314 e. The molecule has 0 atom stereocenters. The molecule has 2 rings (SSSR count). The Morgan fingerprint density at radius 1 is 1.22 bits per heavy atom. The van der Waals surface area contributed by atoms with Gasteiger partial charge in [0.1, 0.15) is 5.82 Å². The van der Waals surface area contributed by atoms with Crippen LogP contribution in [0.15, 0.2) is 45.9 Å². The van der Waals surface area contributed by atoms with Crippen LogP contribution in [0, 0.1) is 0 Å². The molecule has 0 spiro atoms. The van der Waals surface area contributed by atoms with Gasteiger partial charge in [0.2, 0.25) is 0 Å². The highest BCUT2D eigenvalue weighted by Crippen LogP contribution is 2.23. The van der Waals surface area contributed by atoms with Crippen LogP contribution in [0.4, 0.5) is 0 Å². The molecule has 3 nitrogen and oxygen atoms in total. The van der Waals surface area contributed by atoms with Crippen molar-refractivity contribution in [2.75, 3.05) is 7.05 Å². The fourth-order valence-electron chi connectivity index (χ4n) is 1.47. The molecule has 0 aliphatic rings. The second-order valence-corrected chi connectivity index (χ2v) is 5.70. The molecular weight excluding hydrogens is 310 g/mol. The number of thioether (sulfide) groups is 1. The van der Waals surface area contributed by atoms with Crippen LogP contribution in [-0.2, 0) is 12.3 Å². The topological polar surface area (TPSA) is 37.8 Å². The summed E-state index contributed by atoms with van der Waals surface area (Å²) in [7, 11) is 1.92. The SMILES string of the molecule is CNCc1ccnc(CSc2ccc(Br)cc2)n1. The number of aromatic nitrogens is 2. The molecule has 0 unspecified atom stereocenters. The van der Waals surface area contributed by atoms with E-state index in [9.17, 15) is 0 Å². The van der Waals surface area contributed by atoms with E-state index in [1.807, 2.05) is 31.4 Å². The first-order valence-electron chi connectivity index (χ1n) is 5.61. The van der Waals surface area contributed by atoms with E-state index in [-0.39, 0.29) is 0 Å². The van der Waals surface area contributed by atoms with E-state index in [1.54, 1.807) is 11.8 Å². The van der Waals surface area contributed by atoms with Crippen molar-refractivity contribution >= 4 is 27.7 Å². The lowest BCUT2D eigenvalue weighted by molar-refractivity contribution is 0.777. The summed E-state index contributed by atoms with van der Waals surface area (Å²) in [4.78, 5) is 10.00. The van der Waals surface area contributed by atoms with Crippen LogP contribution in [0.3, 0.4) is 0 Å². The second kappa shape index (κ2) is 6.87. The van der Waals surface area contributed by atoms with Gasteiger partial charge < -0.3 is 5.32 Å². The summed E-state index contributed by atoms with van der Waals surface area (Å²) in [6.45, 7) is 0.776. The van der Waals surface area contributed by atoms with Gasteiger partial charge in [-0.2, -0.15) is 0 Å². The van der Waals surface area contributed by atoms with Crippen LogP contribution < -0.4 is 5.32 Å². The first-order chi connectivity index (χ1) is 8.78. The van der Waals surface area contributed by atoms with Gasteiger partial charge in [-0.25, -0.2) is 9.97 Å². The predicted molar refractivity (Wildman–Crippen MR) is 78.5 cm³/mol. The van der Waals surface area contributed by atoms with Gasteiger partial charge in [-0.1, -0.05) is 15.9 Å². The van der Waals surface area contributed by atoms with Gasteiger partial charge in [-0.05, 0) is 37.4 Å². The normalized spacial score (nSPS) is 10.6. The number of rotatable bonds is 5. The van der Waals surface area contributed by atoms with Gasteiger partial charge in [-0.15, -0.1) is 11.8 Å². The van der Waals surface area contributed by atoms with Crippen LogP contribution in [-0.4, -0.2) is 17.0 Å². The molecule has 94 valence electrons. The van der Waals surface area contributed by atoms with Gasteiger partial charge in [0.05, 0.1) is 11.4 Å². The van der Waals surface area contributed by atoms with E-state index in [1.165, 1.54) is 4.90 Å². The molecule has 2 aromatic rings. The van der Waals surface area contributed by atoms with Crippen molar-refractivity contribution in [3.8, 4) is 0 Å². The fourth-order valence-corrected chi connectivity index (χ4v) is 2.50. The van der Waals surface area contributed by atoms with Gasteiger partial charge in [0.15, 0.2) is 0 Å². The molecule has 1 heterocycles. The van der Waals surface area contributed by atoms with Crippen molar-refractivity contribution in [1.29, 1.82) is 0 Å². The molecule has 0 radical (unpaired) electrons. The Morgan fingerprint density at radius 2 is 2.00 bits per heavy atom. The summed E-state index contributed by atoms with van der Waals surface area (Å²) in [6.07, 6.45) is 1.82. The maximum atomic E-state index is 4.49. The zero-order valence-corrected chi connectivity index (χ0v) is 12.5. The van der Waals surface area contributed by atoms with E-state index in [0.717, 1.165) is 28.3 Å². The first kappa shape index (κ1) is 13.5. The van der Waals surface area contributed by atoms with Gasteiger partial charge in [0.25, 0.3) is 0 Å². The van der Waals surface area contributed by atoms with E-state index in [0.29, 0.717) is 0 Å². The third-order valence-corrected chi connectivity index (χ3v) is 3.84. The lowest BCUT2D eigenvalue weighted by Gasteiger charge is -2.03. The van der Waals surface area contributed by atoms with Crippen LogP contribution in [0.5, 0.6) is 0 Å².